The van der Waals surface area contributed by atoms with Gasteiger partial charge < -0.3 is 14.8 Å². The van der Waals surface area contributed by atoms with E-state index in [9.17, 15) is 4.79 Å². The lowest BCUT2D eigenvalue weighted by Gasteiger charge is -2.22. The Balaban J connectivity index is 1.68. The van der Waals surface area contributed by atoms with E-state index in [1.807, 2.05) is 48.7 Å². The Labute approximate surface area is 139 Å². The van der Waals surface area contributed by atoms with Crippen molar-refractivity contribution in [1.82, 2.24) is 5.32 Å². The molecule has 2 aromatic rings. The van der Waals surface area contributed by atoms with Gasteiger partial charge in [0, 0.05) is 11.0 Å². The number of thiophene rings is 1. The van der Waals surface area contributed by atoms with Gasteiger partial charge in [-0.1, -0.05) is 19.1 Å². The highest BCUT2D eigenvalue weighted by Gasteiger charge is 2.16. The first-order valence-electron chi connectivity index (χ1n) is 7.68. The molecule has 23 heavy (non-hydrogen) atoms. The van der Waals surface area contributed by atoms with E-state index >= 15 is 0 Å². The second-order valence-electron chi connectivity index (χ2n) is 5.22. The Morgan fingerprint density at radius 1 is 1.30 bits per heavy atom. The molecule has 1 aliphatic heterocycles. The monoisotopic (exact) mass is 329 g/mol. The van der Waals surface area contributed by atoms with Gasteiger partial charge in [0.25, 0.3) is 0 Å². The molecule has 0 bridgehead atoms. The maximum Gasteiger partial charge on any atom is 0.244 e. The van der Waals surface area contributed by atoms with Crippen molar-refractivity contribution in [1.29, 1.82) is 0 Å². The predicted molar refractivity (Wildman–Crippen MR) is 92.0 cm³/mol. The molecule has 120 valence electrons. The van der Waals surface area contributed by atoms with Crippen LogP contribution in [0.15, 0.2) is 41.8 Å². The van der Waals surface area contributed by atoms with Crippen molar-refractivity contribution < 1.29 is 14.3 Å². The molecule has 3 rings (SSSR count). The summed E-state index contributed by atoms with van der Waals surface area (Å²) in [6.07, 6.45) is 4.21. The third kappa shape index (κ3) is 3.93. The third-order valence-corrected chi connectivity index (χ3v) is 4.47. The summed E-state index contributed by atoms with van der Waals surface area (Å²) in [7, 11) is 0. The highest BCUT2D eigenvalue weighted by atomic mass is 32.1. The molecule has 0 spiro atoms. The summed E-state index contributed by atoms with van der Waals surface area (Å²) >= 11 is 1.60. The summed E-state index contributed by atoms with van der Waals surface area (Å²) in [4.78, 5) is 13.2. The van der Waals surface area contributed by atoms with Crippen LogP contribution in [0.3, 0.4) is 0 Å². The fraction of sp³-hybridized carbons (Fsp3) is 0.278. The largest absolute Gasteiger partial charge is 0.486 e. The lowest BCUT2D eigenvalue weighted by atomic mass is 10.0. The quantitative estimate of drug-likeness (QED) is 0.849. The van der Waals surface area contributed by atoms with Gasteiger partial charge in [-0.2, -0.15) is 0 Å². The van der Waals surface area contributed by atoms with Crippen LogP contribution in [0.2, 0.25) is 0 Å². The Bertz CT molecular complexity index is 694. The van der Waals surface area contributed by atoms with E-state index in [0.717, 1.165) is 28.4 Å². The highest BCUT2D eigenvalue weighted by molar-refractivity contribution is 7.10. The Kier molecular flexibility index (Phi) is 4.98. The minimum Gasteiger partial charge on any atom is -0.486 e. The molecule has 1 amide bonds. The van der Waals surface area contributed by atoms with E-state index in [1.54, 1.807) is 17.4 Å². The smallest absolute Gasteiger partial charge is 0.244 e. The molecule has 4 nitrogen and oxygen atoms in total. The van der Waals surface area contributed by atoms with Crippen molar-refractivity contribution >= 4 is 23.3 Å². The number of amides is 1. The van der Waals surface area contributed by atoms with E-state index < -0.39 is 0 Å². The van der Waals surface area contributed by atoms with Crippen LogP contribution >= 0.6 is 11.3 Å². The Morgan fingerprint density at radius 3 is 2.87 bits per heavy atom. The summed E-state index contributed by atoms with van der Waals surface area (Å²) < 4.78 is 11.1. The number of carbonyl (C=O) groups is 1. The van der Waals surface area contributed by atoms with Crippen LogP contribution in [-0.2, 0) is 4.79 Å². The van der Waals surface area contributed by atoms with Crippen LogP contribution < -0.4 is 14.8 Å². The summed E-state index contributed by atoms with van der Waals surface area (Å²) in [6, 6.07) is 9.72. The van der Waals surface area contributed by atoms with E-state index in [2.05, 4.69) is 5.32 Å². The number of benzene rings is 1. The first-order chi connectivity index (χ1) is 11.3. The predicted octanol–water partition coefficient (Wildman–Crippen LogP) is 3.80. The normalized spacial score (nSPS) is 14.7. The minimum absolute atomic E-state index is 0.0497. The molecule has 1 unspecified atom stereocenters. The zero-order valence-electron chi connectivity index (χ0n) is 13.0. The van der Waals surface area contributed by atoms with E-state index in [1.165, 1.54) is 0 Å². The molecule has 0 radical (unpaired) electrons. The van der Waals surface area contributed by atoms with Gasteiger partial charge in [0.1, 0.15) is 13.2 Å². The minimum atomic E-state index is -0.0971. The average molecular weight is 329 g/mol. The van der Waals surface area contributed by atoms with Crippen molar-refractivity contribution in [3.63, 3.8) is 0 Å². The van der Waals surface area contributed by atoms with Gasteiger partial charge in [0.05, 0.1) is 6.04 Å². The van der Waals surface area contributed by atoms with Gasteiger partial charge in [-0.25, -0.2) is 0 Å². The number of rotatable bonds is 5. The van der Waals surface area contributed by atoms with Crippen molar-refractivity contribution in [2.24, 2.45) is 0 Å². The van der Waals surface area contributed by atoms with Crippen LogP contribution in [-0.4, -0.2) is 19.1 Å². The van der Waals surface area contributed by atoms with Gasteiger partial charge >= 0.3 is 0 Å². The second-order valence-corrected chi connectivity index (χ2v) is 6.20. The SMILES string of the molecule is CCC(NC(=O)C=Cc1cccs1)c1ccc2c(c1)OCCO2. The zero-order chi connectivity index (χ0) is 16.1. The van der Waals surface area contributed by atoms with Crippen molar-refractivity contribution in [3.05, 3.63) is 52.2 Å². The molecule has 1 aromatic heterocycles. The number of nitrogens with one attached hydrogen (secondary N) is 1. The molecule has 1 aliphatic rings. The van der Waals surface area contributed by atoms with Crippen LogP contribution in [0.1, 0.15) is 29.8 Å². The van der Waals surface area contributed by atoms with Gasteiger partial charge in [-0.3, -0.25) is 4.79 Å². The molecule has 0 saturated heterocycles. The van der Waals surface area contributed by atoms with Gasteiger partial charge in [0.2, 0.25) is 5.91 Å². The average Bonchev–Trinajstić information content (AvgIpc) is 3.11. The van der Waals surface area contributed by atoms with E-state index in [4.69, 9.17) is 9.47 Å². The number of carbonyl (C=O) groups excluding carboxylic acids is 1. The Morgan fingerprint density at radius 2 is 2.13 bits per heavy atom. The molecular formula is C18H19NO3S. The molecule has 5 heteroatoms. The molecule has 0 saturated carbocycles. The summed E-state index contributed by atoms with van der Waals surface area (Å²) in [5.41, 5.74) is 1.02. The molecule has 0 aliphatic carbocycles. The fourth-order valence-electron chi connectivity index (χ4n) is 2.46. The summed E-state index contributed by atoms with van der Waals surface area (Å²) in [6.45, 7) is 3.18. The fourth-order valence-corrected chi connectivity index (χ4v) is 3.08. The molecular weight excluding hydrogens is 310 g/mol. The number of hydrogen-bond acceptors (Lipinski definition) is 4. The van der Waals surface area contributed by atoms with Gasteiger partial charge in [0.15, 0.2) is 11.5 Å². The topological polar surface area (TPSA) is 47.6 Å². The molecule has 0 fully saturated rings. The van der Waals surface area contributed by atoms with Crippen molar-refractivity contribution in [2.45, 2.75) is 19.4 Å². The van der Waals surface area contributed by atoms with Crippen LogP contribution in [0, 0.1) is 0 Å². The lowest BCUT2D eigenvalue weighted by Crippen LogP contribution is -2.26. The second kappa shape index (κ2) is 7.33. The molecule has 1 aromatic carbocycles. The van der Waals surface area contributed by atoms with Crippen molar-refractivity contribution in [3.8, 4) is 11.5 Å². The maximum atomic E-state index is 12.1. The van der Waals surface area contributed by atoms with E-state index in [0.29, 0.717) is 13.2 Å². The lowest BCUT2D eigenvalue weighted by molar-refractivity contribution is -0.117. The first-order valence-corrected chi connectivity index (χ1v) is 8.56. The molecule has 1 N–H and O–H groups in total. The Hall–Kier alpha value is -2.27. The molecule has 2 heterocycles. The van der Waals surface area contributed by atoms with Crippen LogP contribution in [0.25, 0.3) is 6.08 Å². The first kappa shape index (κ1) is 15.6. The van der Waals surface area contributed by atoms with Crippen LogP contribution in [0.4, 0.5) is 0 Å². The maximum absolute atomic E-state index is 12.1. The number of hydrogen-bond donors (Lipinski definition) is 1. The number of ether oxygens (including phenoxy) is 2. The summed E-state index contributed by atoms with van der Waals surface area (Å²) in [5.74, 6) is 1.41. The van der Waals surface area contributed by atoms with Gasteiger partial charge in [-0.05, 0) is 41.6 Å². The highest BCUT2D eigenvalue weighted by Crippen LogP contribution is 2.33. The van der Waals surface area contributed by atoms with Gasteiger partial charge in [-0.15, -0.1) is 11.3 Å². The van der Waals surface area contributed by atoms with Crippen LogP contribution in [0.5, 0.6) is 11.5 Å². The third-order valence-electron chi connectivity index (χ3n) is 3.64. The molecule has 1 atom stereocenters. The van der Waals surface area contributed by atoms with Crippen molar-refractivity contribution in [2.75, 3.05) is 13.2 Å². The summed E-state index contributed by atoms with van der Waals surface area (Å²) in [5, 5.41) is 5.02. The standard InChI is InChI=1S/C18H19NO3S/c1-2-15(19-18(20)8-6-14-4-3-11-23-14)13-5-7-16-17(12-13)22-10-9-21-16/h3-8,11-12,15H,2,9-10H2,1H3,(H,19,20). The number of fused-ring (bicyclic) bond motifs is 1. The van der Waals surface area contributed by atoms with E-state index in [-0.39, 0.29) is 11.9 Å². The zero-order valence-corrected chi connectivity index (χ0v) is 13.8.